The van der Waals surface area contributed by atoms with E-state index < -0.39 is 0 Å². The van der Waals surface area contributed by atoms with Crippen LogP contribution in [0.2, 0.25) is 0 Å². The summed E-state index contributed by atoms with van der Waals surface area (Å²) in [6, 6.07) is 6.52. The number of fused-ring (bicyclic) bond motifs is 1. The van der Waals surface area contributed by atoms with Gasteiger partial charge in [0.25, 0.3) is 0 Å². The first-order valence-electron chi connectivity index (χ1n) is 7.07. The van der Waals surface area contributed by atoms with Crippen molar-refractivity contribution in [1.29, 1.82) is 0 Å². The van der Waals surface area contributed by atoms with Gasteiger partial charge in [0.1, 0.15) is 0 Å². The van der Waals surface area contributed by atoms with Gasteiger partial charge in [0.15, 0.2) is 5.65 Å². The fraction of sp³-hybridized carbons (Fsp3) is 0.571. The second-order valence-corrected chi connectivity index (χ2v) is 5.25. The standard InChI is InChI=1S/C14H21N5/c1-3-18-9-5-7-12(10-18)15-14-16-13-8-4-6-11(2)19(13)17-14/h4,6,8,12H,3,5,7,9-10H2,1-2H3,(H,15,17). The summed E-state index contributed by atoms with van der Waals surface area (Å²) in [5.41, 5.74) is 2.02. The van der Waals surface area contributed by atoms with E-state index in [-0.39, 0.29) is 0 Å². The van der Waals surface area contributed by atoms with Gasteiger partial charge in [0, 0.05) is 18.3 Å². The molecule has 1 aliphatic rings. The normalized spacial score (nSPS) is 20.8. The largest absolute Gasteiger partial charge is 0.349 e. The fourth-order valence-corrected chi connectivity index (χ4v) is 2.74. The molecule has 1 unspecified atom stereocenters. The molecule has 102 valence electrons. The van der Waals surface area contributed by atoms with E-state index in [1.165, 1.54) is 19.4 Å². The van der Waals surface area contributed by atoms with Gasteiger partial charge in [-0.15, -0.1) is 5.10 Å². The molecule has 1 aliphatic heterocycles. The Morgan fingerprint density at radius 3 is 3.11 bits per heavy atom. The summed E-state index contributed by atoms with van der Waals surface area (Å²) in [5, 5.41) is 8.01. The number of piperidine rings is 1. The van der Waals surface area contributed by atoms with Crippen LogP contribution >= 0.6 is 0 Å². The quantitative estimate of drug-likeness (QED) is 0.915. The van der Waals surface area contributed by atoms with Crippen molar-refractivity contribution >= 4 is 11.6 Å². The first-order valence-corrected chi connectivity index (χ1v) is 7.07. The lowest BCUT2D eigenvalue weighted by atomic mass is 10.1. The predicted molar refractivity (Wildman–Crippen MR) is 76.5 cm³/mol. The predicted octanol–water partition coefficient (Wildman–Crippen LogP) is 1.93. The number of pyridine rings is 1. The molecule has 1 atom stereocenters. The van der Waals surface area contributed by atoms with Gasteiger partial charge in [-0.1, -0.05) is 13.0 Å². The lowest BCUT2D eigenvalue weighted by molar-refractivity contribution is 0.226. The zero-order chi connectivity index (χ0) is 13.2. The summed E-state index contributed by atoms with van der Waals surface area (Å²) in [7, 11) is 0. The number of nitrogens with zero attached hydrogens (tertiary/aromatic N) is 4. The number of likely N-dealkylation sites (N-methyl/N-ethyl adjacent to an activating group) is 1. The molecule has 19 heavy (non-hydrogen) atoms. The Morgan fingerprint density at radius 2 is 2.32 bits per heavy atom. The molecular formula is C14H21N5. The molecule has 1 saturated heterocycles. The zero-order valence-corrected chi connectivity index (χ0v) is 11.6. The summed E-state index contributed by atoms with van der Waals surface area (Å²) in [6.45, 7) is 7.69. The van der Waals surface area contributed by atoms with E-state index in [0.29, 0.717) is 6.04 Å². The van der Waals surface area contributed by atoms with Crippen LogP contribution in [0, 0.1) is 6.92 Å². The fourth-order valence-electron chi connectivity index (χ4n) is 2.74. The Bertz CT molecular complexity index is 562. The SMILES string of the molecule is CCN1CCCC(Nc2nc3cccc(C)n3n2)C1. The highest BCUT2D eigenvalue weighted by atomic mass is 15.4. The molecular weight excluding hydrogens is 238 g/mol. The minimum absolute atomic E-state index is 0.464. The van der Waals surface area contributed by atoms with Crippen LogP contribution < -0.4 is 5.32 Å². The molecule has 1 fully saturated rings. The molecule has 5 heteroatoms. The topological polar surface area (TPSA) is 45.5 Å². The Balaban J connectivity index is 1.76. The van der Waals surface area contributed by atoms with Crippen LogP contribution in [0.3, 0.4) is 0 Å². The summed E-state index contributed by atoms with van der Waals surface area (Å²) < 4.78 is 1.89. The minimum atomic E-state index is 0.464. The molecule has 3 rings (SSSR count). The third-order valence-corrected chi connectivity index (χ3v) is 3.83. The second-order valence-electron chi connectivity index (χ2n) is 5.25. The van der Waals surface area contributed by atoms with Crippen molar-refractivity contribution in [3.8, 4) is 0 Å². The molecule has 0 aliphatic carbocycles. The molecule has 0 amide bonds. The molecule has 5 nitrogen and oxygen atoms in total. The van der Waals surface area contributed by atoms with Crippen molar-refractivity contribution in [3.63, 3.8) is 0 Å². The van der Waals surface area contributed by atoms with Crippen LogP contribution in [0.5, 0.6) is 0 Å². The molecule has 2 aromatic heterocycles. The van der Waals surface area contributed by atoms with Crippen molar-refractivity contribution in [2.45, 2.75) is 32.7 Å². The first-order chi connectivity index (χ1) is 9.26. The lowest BCUT2D eigenvalue weighted by Gasteiger charge is -2.31. The summed E-state index contributed by atoms with van der Waals surface area (Å²) in [5.74, 6) is 0.747. The van der Waals surface area contributed by atoms with Crippen LogP contribution in [0.15, 0.2) is 18.2 Å². The van der Waals surface area contributed by atoms with Crippen LogP contribution in [0.4, 0.5) is 5.95 Å². The number of likely N-dealkylation sites (tertiary alicyclic amines) is 1. The summed E-state index contributed by atoms with van der Waals surface area (Å²) >= 11 is 0. The molecule has 0 aromatic carbocycles. The van der Waals surface area contributed by atoms with Gasteiger partial charge in [-0.2, -0.15) is 4.98 Å². The highest BCUT2D eigenvalue weighted by Gasteiger charge is 2.19. The van der Waals surface area contributed by atoms with Crippen molar-refractivity contribution in [3.05, 3.63) is 23.9 Å². The zero-order valence-electron chi connectivity index (χ0n) is 11.6. The van der Waals surface area contributed by atoms with Gasteiger partial charge in [-0.3, -0.25) is 0 Å². The van der Waals surface area contributed by atoms with Crippen molar-refractivity contribution in [2.24, 2.45) is 0 Å². The van der Waals surface area contributed by atoms with E-state index in [1.807, 2.05) is 29.6 Å². The Morgan fingerprint density at radius 1 is 1.42 bits per heavy atom. The number of anilines is 1. The Labute approximate surface area is 113 Å². The number of rotatable bonds is 3. The van der Waals surface area contributed by atoms with Crippen LogP contribution in [-0.4, -0.2) is 45.2 Å². The Hall–Kier alpha value is -1.62. The van der Waals surface area contributed by atoms with Gasteiger partial charge in [-0.05, 0) is 45.0 Å². The van der Waals surface area contributed by atoms with E-state index in [2.05, 4.69) is 27.2 Å². The number of nitrogens with one attached hydrogen (secondary N) is 1. The molecule has 1 N–H and O–H groups in total. The van der Waals surface area contributed by atoms with E-state index in [9.17, 15) is 0 Å². The van der Waals surface area contributed by atoms with E-state index in [4.69, 9.17) is 0 Å². The molecule has 3 heterocycles. The minimum Gasteiger partial charge on any atom is -0.349 e. The number of hydrogen-bond acceptors (Lipinski definition) is 4. The highest BCUT2D eigenvalue weighted by molar-refractivity contribution is 5.44. The average molecular weight is 259 g/mol. The van der Waals surface area contributed by atoms with Gasteiger partial charge >= 0.3 is 0 Å². The molecule has 0 saturated carbocycles. The number of aromatic nitrogens is 3. The highest BCUT2D eigenvalue weighted by Crippen LogP contribution is 2.15. The van der Waals surface area contributed by atoms with Gasteiger partial charge in [0.2, 0.25) is 5.95 Å². The molecule has 0 radical (unpaired) electrons. The maximum Gasteiger partial charge on any atom is 0.243 e. The van der Waals surface area contributed by atoms with Crippen LogP contribution in [0.1, 0.15) is 25.5 Å². The van der Waals surface area contributed by atoms with Gasteiger partial charge in [0.05, 0.1) is 0 Å². The third-order valence-electron chi connectivity index (χ3n) is 3.83. The Kier molecular flexibility index (Phi) is 3.38. The van der Waals surface area contributed by atoms with Gasteiger partial charge < -0.3 is 10.2 Å². The van der Waals surface area contributed by atoms with Gasteiger partial charge in [-0.25, -0.2) is 4.52 Å². The van der Waals surface area contributed by atoms with Crippen LogP contribution in [-0.2, 0) is 0 Å². The van der Waals surface area contributed by atoms with Crippen molar-refractivity contribution in [1.82, 2.24) is 19.5 Å². The first kappa shape index (κ1) is 12.4. The maximum atomic E-state index is 4.54. The smallest absolute Gasteiger partial charge is 0.243 e. The number of aryl methyl sites for hydroxylation is 1. The molecule has 0 spiro atoms. The summed E-state index contributed by atoms with van der Waals surface area (Å²) in [6.07, 6.45) is 2.45. The number of hydrogen-bond donors (Lipinski definition) is 1. The summed E-state index contributed by atoms with van der Waals surface area (Å²) in [4.78, 5) is 7.02. The lowest BCUT2D eigenvalue weighted by Crippen LogP contribution is -2.42. The maximum absolute atomic E-state index is 4.54. The van der Waals surface area contributed by atoms with Crippen molar-refractivity contribution in [2.75, 3.05) is 25.0 Å². The third kappa shape index (κ3) is 2.56. The second kappa shape index (κ2) is 5.17. The average Bonchev–Trinajstić information content (AvgIpc) is 2.83. The molecule has 0 bridgehead atoms. The van der Waals surface area contributed by atoms with Crippen LogP contribution in [0.25, 0.3) is 5.65 Å². The molecule has 2 aromatic rings. The van der Waals surface area contributed by atoms with Crippen molar-refractivity contribution < 1.29 is 0 Å². The van der Waals surface area contributed by atoms with E-state index in [1.54, 1.807) is 0 Å². The van der Waals surface area contributed by atoms with E-state index in [0.717, 1.165) is 30.4 Å². The monoisotopic (exact) mass is 259 g/mol. The van der Waals surface area contributed by atoms with E-state index >= 15 is 0 Å².